The van der Waals surface area contributed by atoms with Gasteiger partial charge in [-0.3, -0.25) is 4.84 Å². The second-order valence-electron chi connectivity index (χ2n) is 4.59. The molecule has 0 fully saturated rings. The third-order valence-electron chi connectivity index (χ3n) is 2.43. The number of hydroxylamine groups is 1. The molecule has 0 aliphatic carbocycles. The molecule has 1 unspecified atom stereocenters. The summed E-state index contributed by atoms with van der Waals surface area (Å²) in [6, 6.07) is 8.46. The molecule has 4 N–H and O–H groups in total. The fourth-order valence-electron chi connectivity index (χ4n) is 1.43. The molecule has 7 nitrogen and oxygen atoms in total. The largest absolute Gasteiger partial charge is 0.455 e. The normalized spacial score (nSPS) is 15.7. The summed E-state index contributed by atoms with van der Waals surface area (Å²) in [6.07, 6.45) is 0. The Balaban J connectivity index is 2.51. The van der Waals surface area contributed by atoms with Gasteiger partial charge in [0, 0.05) is 0 Å². The van der Waals surface area contributed by atoms with Crippen LogP contribution in [0.2, 0.25) is 0 Å². The van der Waals surface area contributed by atoms with E-state index in [0.717, 1.165) is 5.56 Å². The number of carbonyl (C=O) groups excluding carboxylic acids is 1. The zero-order valence-corrected chi connectivity index (χ0v) is 12.2. The van der Waals surface area contributed by atoms with E-state index in [1.165, 1.54) is 0 Å². The highest BCUT2D eigenvalue weighted by molar-refractivity contribution is 7.50. The molecule has 1 aromatic rings. The minimum atomic E-state index is -4.35. The summed E-state index contributed by atoms with van der Waals surface area (Å²) in [5.41, 5.74) is 8.24. The first-order valence-electron chi connectivity index (χ1n) is 6.05. The van der Waals surface area contributed by atoms with Gasteiger partial charge in [0.1, 0.15) is 6.04 Å². The molecule has 0 radical (unpaired) electrons. The maximum absolute atomic E-state index is 11.7. The van der Waals surface area contributed by atoms with Gasteiger partial charge >= 0.3 is 13.7 Å². The first-order chi connectivity index (χ1) is 9.29. The van der Waals surface area contributed by atoms with Crippen molar-refractivity contribution >= 4 is 13.7 Å². The van der Waals surface area contributed by atoms with E-state index in [-0.39, 0.29) is 12.5 Å². The molecule has 0 aliphatic heterocycles. The lowest BCUT2D eigenvalue weighted by Crippen LogP contribution is -2.41. The topological polar surface area (TPSA) is 111 Å². The molecule has 1 rings (SSSR count). The lowest BCUT2D eigenvalue weighted by atomic mass is 10.1. The molecule has 0 bridgehead atoms. The van der Waals surface area contributed by atoms with Crippen LogP contribution in [0.3, 0.4) is 0 Å². The van der Waals surface area contributed by atoms with Crippen LogP contribution >= 0.6 is 7.75 Å². The Morgan fingerprint density at radius 2 is 2.00 bits per heavy atom. The third-order valence-corrected chi connectivity index (χ3v) is 2.87. The van der Waals surface area contributed by atoms with Gasteiger partial charge in [-0.05, 0) is 11.5 Å². The summed E-state index contributed by atoms with van der Waals surface area (Å²) in [4.78, 5) is 25.7. The van der Waals surface area contributed by atoms with Gasteiger partial charge in [0.05, 0.1) is 6.61 Å². The quantitative estimate of drug-likeness (QED) is 0.514. The number of carbonyl (C=O) groups is 1. The standard InChI is InChI=1S/C12H19N2O5P/c1-9(2)11(12(15)19-20(13,16)17)14-18-8-10-6-4-3-5-7-10/h3-7,9,11,14H,8H2,1-2H3,(H3,13,16,17)/t11-/m1/s1. The molecule has 0 spiro atoms. The number of hydrogen-bond acceptors (Lipinski definition) is 5. The smallest absolute Gasteiger partial charge is 0.379 e. The highest BCUT2D eigenvalue weighted by Crippen LogP contribution is 2.32. The first kappa shape index (κ1) is 16.8. The van der Waals surface area contributed by atoms with E-state index in [2.05, 4.69) is 10.0 Å². The van der Waals surface area contributed by atoms with E-state index in [9.17, 15) is 9.36 Å². The molecule has 112 valence electrons. The van der Waals surface area contributed by atoms with Gasteiger partial charge in [0.2, 0.25) is 0 Å². The molecule has 0 amide bonds. The Bertz CT molecular complexity index is 474. The van der Waals surface area contributed by atoms with Gasteiger partial charge in [-0.15, -0.1) is 0 Å². The van der Waals surface area contributed by atoms with Crippen molar-refractivity contribution in [2.75, 3.05) is 0 Å². The Kier molecular flexibility index (Phi) is 6.32. The van der Waals surface area contributed by atoms with Gasteiger partial charge in [0.25, 0.3) is 0 Å². The van der Waals surface area contributed by atoms with Crippen LogP contribution < -0.4 is 11.0 Å². The Morgan fingerprint density at radius 3 is 2.50 bits per heavy atom. The average molecular weight is 302 g/mol. The summed E-state index contributed by atoms with van der Waals surface area (Å²) < 4.78 is 15.1. The maximum atomic E-state index is 11.7. The number of nitrogens with two attached hydrogens (primary N) is 1. The van der Waals surface area contributed by atoms with E-state index < -0.39 is 19.8 Å². The molecular formula is C12H19N2O5P. The third kappa shape index (κ3) is 6.27. The van der Waals surface area contributed by atoms with Gasteiger partial charge in [-0.2, -0.15) is 5.48 Å². The van der Waals surface area contributed by atoms with Crippen molar-refractivity contribution in [3.05, 3.63) is 35.9 Å². The number of rotatable bonds is 7. The van der Waals surface area contributed by atoms with E-state index in [4.69, 9.17) is 15.2 Å². The molecule has 8 heteroatoms. The van der Waals surface area contributed by atoms with E-state index in [0.29, 0.717) is 0 Å². The van der Waals surface area contributed by atoms with Crippen LogP contribution in [0.4, 0.5) is 0 Å². The van der Waals surface area contributed by atoms with Crippen molar-refractivity contribution in [1.82, 2.24) is 5.48 Å². The summed E-state index contributed by atoms with van der Waals surface area (Å²) in [6.45, 7) is 3.73. The van der Waals surface area contributed by atoms with Crippen molar-refractivity contribution in [3.8, 4) is 0 Å². The number of hydrogen-bond donors (Lipinski definition) is 3. The predicted octanol–water partition coefficient (Wildman–Crippen LogP) is 1.33. The summed E-state index contributed by atoms with van der Waals surface area (Å²) in [5.74, 6) is -1.13. The monoisotopic (exact) mass is 302 g/mol. The minimum Gasteiger partial charge on any atom is -0.379 e. The van der Waals surface area contributed by atoms with Crippen LogP contribution in [0.15, 0.2) is 30.3 Å². The van der Waals surface area contributed by atoms with E-state index >= 15 is 0 Å². The molecule has 2 atom stereocenters. The fourth-order valence-corrected chi connectivity index (χ4v) is 1.80. The zero-order chi connectivity index (χ0) is 15.2. The van der Waals surface area contributed by atoms with Crippen LogP contribution in [0.25, 0.3) is 0 Å². The molecule has 1 aromatic carbocycles. The second-order valence-corrected chi connectivity index (χ2v) is 5.90. The predicted molar refractivity (Wildman–Crippen MR) is 73.1 cm³/mol. The van der Waals surface area contributed by atoms with Crippen LogP contribution in [-0.4, -0.2) is 16.9 Å². The summed E-state index contributed by atoms with van der Waals surface area (Å²) in [5, 5.41) is 0. The van der Waals surface area contributed by atoms with Crippen LogP contribution in [-0.2, 0) is 25.3 Å². The van der Waals surface area contributed by atoms with Crippen LogP contribution in [0.5, 0.6) is 0 Å². The van der Waals surface area contributed by atoms with Gasteiger partial charge < -0.3 is 9.42 Å². The Labute approximate surface area is 117 Å². The second kappa shape index (κ2) is 7.52. The lowest BCUT2D eigenvalue weighted by Gasteiger charge is -2.20. The van der Waals surface area contributed by atoms with Crippen LogP contribution in [0, 0.1) is 5.92 Å². The van der Waals surface area contributed by atoms with Gasteiger partial charge in [-0.1, -0.05) is 44.2 Å². The maximum Gasteiger partial charge on any atom is 0.455 e. The highest BCUT2D eigenvalue weighted by Gasteiger charge is 2.29. The van der Waals surface area contributed by atoms with Crippen molar-refractivity contribution in [3.63, 3.8) is 0 Å². The van der Waals surface area contributed by atoms with Crippen molar-refractivity contribution in [2.45, 2.75) is 26.5 Å². The van der Waals surface area contributed by atoms with E-state index in [1.54, 1.807) is 13.8 Å². The fraction of sp³-hybridized carbons (Fsp3) is 0.417. The SMILES string of the molecule is CC(C)[C@@H](NOCc1ccccc1)C(=O)OP(N)(=O)O. The molecule has 0 aliphatic rings. The molecule has 0 heterocycles. The molecule has 0 saturated carbocycles. The van der Waals surface area contributed by atoms with E-state index in [1.807, 2.05) is 30.3 Å². The highest BCUT2D eigenvalue weighted by atomic mass is 31.2. The van der Waals surface area contributed by atoms with Crippen LogP contribution in [0.1, 0.15) is 19.4 Å². The first-order valence-corrected chi connectivity index (χ1v) is 7.70. The van der Waals surface area contributed by atoms with Gasteiger partial charge in [0.15, 0.2) is 0 Å². The zero-order valence-electron chi connectivity index (χ0n) is 11.4. The minimum absolute atomic E-state index is 0.204. The summed E-state index contributed by atoms with van der Waals surface area (Å²) in [7, 11) is -4.35. The van der Waals surface area contributed by atoms with Crippen molar-refractivity contribution < 1.29 is 23.6 Å². The number of nitrogens with one attached hydrogen (secondary N) is 1. The molecule has 20 heavy (non-hydrogen) atoms. The van der Waals surface area contributed by atoms with Gasteiger partial charge in [-0.25, -0.2) is 14.9 Å². The Hall–Kier alpha value is -1.24. The van der Waals surface area contributed by atoms with Crippen molar-refractivity contribution in [2.24, 2.45) is 11.4 Å². The molecule has 0 saturated heterocycles. The van der Waals surface area contributed by atoms with Crippen molar-refractivity contribution in [1.29, 1.82) is 0 Å². The summed E-state index contributed by atoms with van der Waals surface area (Å²) >= 11 is 0. The average Bonchev–Trinajstić information content (AvgIpc) is 2.33. The lowest BCUT2D eigenvalue weighted by molar-refractivity contribution is -0.144. The molecular weight excluding hydrogens is 283 g/mol. The number of benzene rings is 1. The molecule has 0 aromatic heterocycles. The Morgan fingerprint density at radius 1 is 1.40 bits per heavy atom.